The molecule has 1 saturated heterocycles. The molecule has 1 aromatic carbocycles. The molecule has 5 nitrogen and oxygen atoms in total. The summed E-state index contributed by atoms with van der Waals surface area (Å²) in [5, 5.41) is 4.29. The zero-order valence-electron chi connectivity index (χ0n) is 14.7. The van der Waals surface area contributed by atoms with E-state index in [-0.39, 0.29) is 6.54 Å². The molecular weight excluding hydrogens is 368 g/mol. The number of benzene rings is 1. The van der Waals surface area contributed by atoms with Gasteiger partial charge in [-0.3, -0.25) is 19.3 Å². The molecule has 3 rings (SSSR count). The van der Waals surface area contributed by atoms with E-state index in [9.17, 15) is 14.4 Å². The summed E-state index contributed by atoms with van der Waals surface area (Å²) in [4.78, 5) is 39.3. The minimum Gasteiger partial charge on any atom is -0.324 e. The van der Waals surface area contributed by atoms with E-state index in [1.165, 1.54) is 11.3 Å². The lowest BCUT2D eigenvalue weighted by atomic mass is 10.1. The van der Waals surface area contributed by atoms with Crippen LogP contribution in [-0.2, 0) is 9.59 Å². The molecule has 0 aliphatic carbocycles. The highest BCUT2D eigenvalue weighted by Gasteiger charge is 2.36. The lowest BCUT2D eigenvalue weighted by Gasteiger charge is -2.14. The number of hydrogen-bond acceptors (Lipinski definition) is 5. The van der Waals surface area contributed by atoms with Crippen LogP contribution in [0, 0.1) is 20.8 Å². The number of hydrogen-bond donors (Lipinski definition) is 1. The second-order valence-corrected chi connectivity index (χ2v) is 8.04. The van der Waals surface area contributed by atoms with Gasteiger partial charge in [-0.1, -0.05) is 12.1 Å². The smallest absolute Gasteiger partial charge is 0.294 e. The standard InChI is InChI=1S/C19H18N2O3S2/c1-11-4-5-12(2)14(8-11)20-17(22)10-21-18(23)16(26-19(21)24)9-15-13(3)6-7-25-15/h4-9H,10H2,1-3H3,(H,20,22)/b16-9+. The maximum Gasteiger partial charge on any atom is 0.294 e. The second kappa shape index (κ2) is 7.47. The van der Waals surface area contributed by atoms with Crippen molar-refractivity contribution in [3.05, 3.63) is 56.1 Å². The number of thiophene rings is 1. The molecule has 0 radical (unpaired) electrons. The second-order valence-electron chi connectivity index (χ2n) is 6.10. The highest BCUT2D eigenvalue weighted by Crippen LogP contribution is 2.33. The van der Waals surface area contributed by atoms with Crippen molar-refractivity contribution in [2.45, 2.75) is 20.8 Å². The molecule has 1 aliphatic heterocycles. The van der Waals surface area contributed by atoms with Crippen LogP contribution in [0.3, 0.4) is 0 Å². The summed E-state index contributed by atoms with van der Waals surface area (Å²) in [6.07, 6.45) is 1.72. The molecule has 7 heteroatoms. The van der Waals surface area contributed by atoms with Crippen molar-refractivity contribution in [3.63, 3.8) is 0 Å². The predicted molar refractivity (Wildman–Crippen MR) is 106 cm³/mol. The number of thioether (sulfide) groups is 1. The number of amides is 3. The van der Waals surface area contributed by atoms with E-state index in [2.05, 4.69) is 5.32 Å². The zero-order valence-corrected chi connectivity index (χ0v) is 16.3. The normalized spacial score (nSPS) is 15.8. The molecule has 1 N–H and O–H groups in total. The quantitative estimate of drug-likeness (QED) is 0.794. The van der Waals surface area contributed by atoms with Crippen LogP contribution < -0.4 is 5.32 Å². The average molecular weight is 386 g/mol. The molecule has 2 aromatic rings. The summed E-state index contributed by atoms with van der Waals surface area (Å²) in [7, 11) is 0. The number of aryl methyl sites for hydroxylation is 3. The summed E-state index contributed by atoms with van der Waals surface area (Å²) in [6, 6.07) is 7.69. The van der Waals surface area contributed by atoms with Crippen molar-refractivity contribution < 1.29 is 14.4 Å². The Morgan fingerprint density at radius 1 is 1.15 bits per heavy atom. The van der Waals surface area contributed by atoms with Crippen molar-refractivity contribution in [1.29, 1.82) is 0 Å². The minimum atomic E-state index is -0.427. The van der Waals surface area contributed by atoms with Gasteiger partial charge in [-0.05, 0) is 72.8 Å². The zero-order chi connectivity index (χ0) is 18.8. The van der Waals surface area contributed by atoms with Crippen LogP contribution in [0.4, 0.5) is 10.5 Å². The fourth-order valence-electron chi connectivity index (χ4n) is 2.49. The van der Waals surface area contributed by atoms with E-state index in [1.54, 1.807) is 6.08 Å². The number of nitrogens with one attached hydrogen (secondary N) is 1. The number of imide groups is 1. The molecule has 0 spiro atoms. The maximum atomic E-state index is 12.5. The van der Waals surface area contributed by atoms with Gasteiger partial charge in [0.25, 0.3) is 11.1 Å². The van der Waals surface area contributed by atoms with Gasteiger partial charge in [0.15, 0.2) is 0 Å². The van der Waals surface area contributed by atoms with Gasteiger partial charge in [0.1, 0.15) is 6.54 Å². The third kappa shape index (κ3) is 3.89. The number of carbonyl (C=O) groups excluding carboxylic acids is 3. The molecule has 26 heavy (non-hydrogen) atoms. The third-order valence-corrected chi connectivity index (χ3v) is 5.88. The van der Waals surface area contributed by atoms with Crippen molar-refractivity contribution in [2.24, 2.45) is 0 Å². The summed E-state index contributed by atoms with van der Waals surface area (Å²) in [5.41, 5.74) is 3.68. The number of carbonyl (C=O) groups is 3. The van der Waals surface area contributed by atoms with Gasteiger partial charge >= 0.3 is 0 Å². The Bertz CT molecular complexity index is 931. The SMILES string of the molecule is Cc1ccc(C)c(NC(=O)CN2C(=O)S/C(=C/c3sccc3C)C2=O)c1. The van der Waals surface area contributed by atoms with Gasteiger partial charge in [-0.15, -0.1) is 11.3 Å². The Morgan fingerprint density at radius 2 is 1.92 bits per heavy atom. The first-order chi connectivity index (χ1) is 12.3. The van der Waals surface area contributed by atoms with E-state index in [0.717, 1.165) is 38.2 Å². The Hall–Kier alpha value is -2.38. The summed E-state index contributed by atoms with van der Waals surface area (Å²) >= 11 is 2.38. The molecule has 0 saturated carbocycles. The molecule has 1 aromatic heterocycles. The van der Waals surface area contributed by atoms with E-state index in [4.69, 9.17) is 0 Å². The molecule has 3 amide bonds. The van der Waals surface area contributed by atoms with Gasteiger partial charge in [-0.2, -0.15) is 0 Å². The molecular formula is C19H18N2O3S2. The molecule has 134 valence electrons. The Kier molecular flexibility index (Phi) is 5.29. The fraction of sp³-hybridized carbons (Fsp3) is 0.211. The van der Waals surface area contributed by atoms with Crippen LogP contribution in [0.1, 0.15) is 21.6 Å². The fourth-order valence-corrected chi connectivity index (χ4v) is 4.24. The minimum absolute atomic E-state index is 0.293. The number of nitrogens with zero attached hydrogens (tertiary/aromatic N) is 1. The van der Waals surface area contributed by atoms with E-state index in [0.29, 0.717) is 10.6 Å². The number of anilines is 1. The van der Waals surface area contributed by atoms with Crippen LogP contribution in [-0.4, -0.2) is 28.5 Å². The van der Waals surface area contributed by atoms with Crippen LogP contribution in [0.25, 0.3) is 6.08 Å². The molecule has 1 fully saturated rings. The first-order valence-corrected chi connectivity index (χ1v) is 9.71. The van der Waals surface area contributed by atoms with Crippen LogP contribution >= 0.6 is 23.1 Å². The Labute approximate surface area is 160 Å². The molecule has 1 aliphatic rings. The lowest BCUT2D eigenvalue weighted by molar-refractivity contribution is -0.127. The average Bonchev–Trinajstić information content (AvgIpc) is 3.10. The summed E-state index contributed by atoms with van der Waals surface area (Å²) in [6.45, 7) is 5.48. The largest absolute Gasteiger partial charge is 0.324 e. The monoisotopic (exact) mass is 386 g/mol. The lowest BCUT2D eigenvalue weighted by Crippen LogP contribution is -2.36. The van der Waals surface area contributed by atoms with E-state index >= 15 is 0 Å². The van der Waals surface area contributed by atoms with Gasteiger partial charge in [0.2, 0.25) is 5.91 Å². The topological polar surface area (TPSA) is 66.5 Å². The first-order valence-electron chi connectivity index (χ1n) is 8.01. The first kappa shape index (κ1) is 18.4. The third-order valence-electron chi connectivity index (χ3n) is 4.01. The van der Waals surface area contributed by atoms with Gasteiger partial charge < -0.3 is 5.32 Å². The van der Waals surface area contributed by atoms with E-state index in [1.807, 2.05) is 50.4 Å². The molecule has 2 heterocycles. The number of rotatable bonds is 4. The van der Waals surface area contributed by atoms with Gasteiger partial charge in [0, 0.05) is 10.6 Å². The molecule has 0 unspecified atom stereocenters. The van der Waals surface area contributed by atoms with Crippen LogP contribution in [0.5, 0.6) is 0 Å². The van der Waals surface area contributed by atoms with Crippen LogP contribution in [0.2, 0.25) is 0 Å². The van der Waals surface area contributed by atoms with Gasteiger partial charge in [-0.25, -0.2) is 0 Å². The van der Waals surface area contributed by atoms with Crippen molar-refractivity contribution in [2.75, 3.05) is 11.9 Å². The van der Waals surface area contributed by atoms with E-state index < -0.39 is 17.1 Å². The Balaban J connectivity index is 1.71. The molecule has 0 atom stereocenters. The van der Waals surface area contributed by atoms with Crippen molar-refractivity contribution >= 4 is 51.9 Å². The highest BCUT2D eigenvalue weighted by atomic mass is 32.2. The summed E-state index contributed by atoms with van der Waals surface area (Å²) < 4.78 is 0. The predicted octanol–water partition coefficient (Wildman–Crippen LogP) is 4.35. The van der Waals surface area contributed by atoms with Crippen LogP contribution in [0.15, 0.2) is 34.6 Å². The van der Waals surface area contributed by atoms with Crippen molar-refractivity contribution in [1.82, 2.24) is 4.90 Å². The molecule has 0 bridgehead atoms. The highest BCUT2D eigenvalue weighted by molar-refractivity contribution is 8.18. The Morgan fingerprint density at radius 3 is 2.62 bits per heavy atom. The van der Waals surface area contributed by atoms with Crippen molar-refractivity contribution in [3.8, 4) is 0 Å². The van der Waals surface area contributed by atoms with Gasteiger partial charge in [0.05, 0.1) is 4.91 Å². The maximum absolute atomic E-state index is 12.5. The summed E-state index contributed by atoms with van der Waals surface area (Å²) in [5.74, 6) is -0.821.